The van der Waals surface area contributed by atoms with Crippen LogP contribution in [-0.2, 0) is 0 Å². The Morgan fingerprint density at radius 3 is 2.45 bits per heavy atom. The first-order valence-electron chi connectivity index (χ1n) is 7.17. The number of hydrogen-bond donors (Lipinski definition) is 0. The molecule has 0 aliphatic heterocycles. The molecule has 0 amide bonds. The zero-order valence-electron chi connectivity index (χ0n) is 12.0. The Labute approximate surface area is 141 Å². The Morgan fingerprint density at radius 1 is 1.05 bits per heavy atom. The van der Waals surface area contributed by atoms with Gasteiger partial charge in [0.15, 0.2) is 23.0 Å². The Morgan fingerprint density at radius 2 is 1.77 bits per heavy atom. The Kier molecular flexibility index (Phi) is 3.25. The molecule has 1 aliphatic rings. The summed E-state index contributed by atoms with van der Waals surface area (Å²) in [6.45, 7) is 0. The zero-order chi connectivity index (χ0) is 15.3. The highest BCUT2D eigenvalue weighted by Gasteiger charge is 2.27. The number of halogens is 1. The van der Waals surface area contributed by atoms with E-state index in [0.29, 0.717) is 17.2 Å². The third kappa shape index (κ3) is 2.06. The molecule has 1 aromatic heterocycles. The summed E-state index contributed by atoms with van der Waals surface area (Å²) in [7, 11) is 1.62. The second-order valence-electron chi connectivity index (χ2n) is 5.57. The normalized spacial score (nSPS) is 14.5. The number of pyridine rings is 1. The summed E-state index contributed by atoms with van der Waals surface area (Å²) >= 11 is 1.86. The van der Waals surface area contributed by atoms with Crippen LogP contribution in [0.1, 0.15) is 18.9 Å². The summed E-state index contributed by atoms with van der Waals surface area (Å²) in [6, 6.07) is 11.9. The highest BCUT2D eigenvalue weighted by atomic mass is 127. The summed E-state index contributed by atoms with van der Waals surface area (Å²) in [6.07, 6.45) is 2.11. The summed E-state index contributed by atoms with van der Waals surface area (Å²) in [5, 5.41) is 2.74. The average Bonchev–Trinajstić information content (AvgIpc) is 3.39. The topological polar surface area (TPSA) is 40.5 Å². The van der Waals surface area contributed by atoms with Gasteiger partial charge in [-0.2, -0.15) is 0 Å². The summed E-state index contributed by atoms with van der Waals surface area (Å²) < 4.78 is 12.5. The first-order valence-corrected chi connectivity index (χ1v) is 8.05. The van der Waals surface area contributed by atoms with Gasteiger partial charge in [-0.25, -0.2) is 0 Å². The van der Waals surface area contributed by atoms with Gasteiger partial charge in [0.2, 0.25) is 0 Å². The molecular formula is C17H14INO3. The second-order valence-corrected chi connectivity index (χ2v) is 6.01. The minimum absolute atomic E-state index is 0.0505. The van der Waals surface area contributed by atoms with Gasteiger partial charge >= 0.3 is 0 Å². The van der Waals surface area contributed by atoms with E-state index >= 15 is 0 Å². The van der Waals surface area contributed by atoms with E-state index in [1.54, 1.807) is 7.11 Å². The number of rotatable bonds is 3. The van der Waals surface area contributed by atoms with Gasteiger partial charge in [0, 0.05) is 17.5 Å². The van der Waals surface area contributed by atoms with Crippen molar-refractivity contribution < 1.29 is 7.80 Å². The van der Waals surface area contributed by atoms with E-state index in [2.05, 4.69) is 0 Å². The standard InChI is InChI=1S/C17H14INO3/c1-21-11-4-6-13-14-7-5-12(22-18)9-16(14)19(10-2-3-10)17(20)15(13)8-11/h4-10H,2-3H2,1H3. The first kappa shape index (κ1) is 13.9. The lowest BCUT2D eigenvalue weighted by Crippen LogP contribution is -2.19. The second kappa shape index (κ2) is 5.15. The van der Waals surface area contributed by atoms with E-state index in [9.17, 15) is 4.79 Å². The molecule has 4 rings (SSSR count). The minimum Gasteiger partial charge on any atom is -0.497 e. The van der Waals surface area contributed by atoms with Gasteiger partial charge < -0.3 is 12.4 Å². The Balaban J connectivity index is 2.18. The largest absolute Gasteiger partial charge is 0.497 e. The van der Waals surface area contributed by atoms with E-state index in [1.807, 2.05) is 64.0 Å². The minimum atomic E-state index is 0.0505. The van der Waals surface area contributed by atoms with Crippen LogP contribution in [0.4, 0.5) is 0 Å². The third-order valence-corrected chi connectivity index (χ3v) is 4.70. The average molecular weight is 407 g/mol. The smallest absolute Gasteiger partial charge is 0.259 e. The molecule has 0 bridgehead atoms. The number of methoxy groups -OCH3 is 1. The van der Waals surface area contributed by atoms with Crippen molar-refractivity contribution in [3.63, 3.8) is 0 Å². The van der Waals surface area contributed by atoms with Crippen LogP contribution in [0.25, 0.3) is 21.7 Å². The molecule has 0 unspecified atom stereocenters. The van der Waals surface area contributed by atoms with Crippen LogP contribution in [0.5, 0.6) is 11.5 Å². The number of hydrogen-bond acceptors (Lipinski definition) is 3. The highest BCUT2D eigenvalue weighted by Crippen LogP contribution is 2.38. The number of benzene rings is 2. The van der Waals surface area contributed by atoms with Crippen molar-refractivity contribution in [2.75, 3.05) is 7.11 Å². The molecule has 0 spiro atoms. The summed E-state index contributed by atoms with van der Waals surface area (Å²) in [5.41, 5.74) is 0.994. The van der Waals surface area contributed by atoms with Gasteiger partial charge in [-0.1, -0.05) is 0 Å². The molecule has 1 aliphatic carbocycles. The number of aromatic nitrogens is 1. The van der Waals surface area contributed by atoms with Crippen molar-refractivity contribution in [3.05, 3.63) is 46.8 Å². The molecule has 1 fully saturated rings. The van der Waals surface area contributed by atoms with Crippen LogP contribution < -0.4 is 13.4 Å². The maximum absolute atomic E-state index is 13.0. The molecule has 0 N–H and O–H groups in total. The molecule has 1 heterocycles. The predicted molar refractivity (Wildman–Crippen MR) is 95.2 cm³/mol. The van der Waals surface area contributed by atoms with Crippen molar-refractivity contribution in [1.82, 2.24) is 4.57 Å². The van der Waals surface area contributed by atoms with Crippen molar-refractivity contribution in [2.45, 2.75) is 18.9 Å². The van der Waals surface area contributed by atoms with Crippen LogP contribution in [0.15, 0.2) is 41.2 Å². The highest BCUT2D eigenvalue weighted by molar-refractivity contribution is 14.1. The van der Waals surface area contributed by atoms with E-state index in [-0.39, 0.29) is 5.56 Å². The van der Waals surface area contributed by atoms with E-state index < -0.39 is 0 Å². The first-order chi connectivity index (χ1) is 10.7. The van der Waals surface area contributed by atoms with Crippen LogP contribution >= 0.6 is 23.0 Å². The van der Waals surface area contributed by atoms with Crippen LogP contribution in [0.2, 0.25) is 0 Å². The monoisotopic (exact) mass is 407 g/mol. The van der Waals surface area contributed by atoms with Gasteiger partial charge in [0.05, 0.1) is 18.0 Å². The molecule has 3 aromatic rings. The summed E-state index contributed by atoms with van der Waals surface area (Å²) in [4.78, 5) is 13.0. The number of nitrogens with zero attached hydrogens (tertiary/aromatic N) is 1. The molecule has 4 nitrogen and oxygen atoms in total. The molecular weight excluding hydrogens is 393 g/mol. The maximum Gasteiger partial charge on any atom is 0.259 e. The lowest BCUT2D eigenvalue weighted by molar-refractivity contribution is 0.415. The fourth-order valence-electron chi connectivity index (χ4n) is 2.98. The SMILES string of the molecule is COc1ccc2c(c1)c(=O)n(C1CC1)c1cc(OI)ccc21. The van der Waals surface area contributed by atoms with Crippen LogP contribution in [0.3, 0.4) is 0 Å². The van der Waals surface area contributed by atoms with Crippen molar-refractivity contribution in [1.29, 1.82) is 0 Å². The molecule has 2 aromatic carbocycles. The molecule has 0 radical (unpaired) electrons. The van der Waals surface area contributed by atoms with E-state index in [4.69, 9.17) is 7.80 Å². The van der Waals surface area contributed by atoms with Gasteiger partial charge in [-0.3, -0.25) is 4.79 Å². The lowest BCUT2D eigenvalue weighted by Gasteiger charge is -2.13. The van der Waals surface area contributed by atoms with Crippen LogP contribution in [-0.4, -0.2) is 11.7 Å². The van der Waals surface area contributed by atoms with Gasteiger partial charge in [-0.15, -0.1) is 0 Å². The van der Waals surface area contributed by atoms with Gasteiger partial charge in [-0.05, 0) is 48.6 Å². The fraction of sp³-hybridized carbons (Fsp3) is 0.235. The number of ether oxygens (including phenoxy) is 1. The lowest BCUT2D eigenvalue weighted by atomic mass is 10.1. The molecule has 1 saturated carbocycles. The molecule has 5 heteroatoms. The summed E-state index contributed by atoms with van der Waals surface area (Å²) in [5.74, 6) is 1.47. The fourth-order valence-corrected chi connectivity index (χ4v) is 3.26. The maximum atomic E-state index is 13.0. The van der Waals surface area contributed by atoms with E-state index in [1.165, 1.54) is 0 Å². The van der Waals surface area contributed by atoms with Crippen LogP contribution in [0, 0.1) is 0 Å². The third-order valence-electron chi connectivity index (χ3n) is 4.20. The van der Waals surface area contributed by atoms with Crippen molar-refractivity contribution >= 4 is 44.7 Å². The molecule has 22 heavy (non-hydrogen) atoms. The van der Waals surface area contributed by atoms with Gasteiger partial charge in [0.25, 0.3) is 5.56 Å². The predicted octanol–water partition coefficient (Wildman–Crippen LogP) is 4.23. The zero-order valence-corrected chi connectivity index (χ0v) is 14.2. The van der Waals surface area contributed by atoms with Gasteiger partial charge in [0.1, 0.15) is 11.5 Å². The molecule has 0 atom stereocenters. The Bertz CT molecular complexity index is 944. The molecule has 0 saturated heterocycles. The Hall–Kier alpha value is -1.76. The molecule has 112 valence electrons. The van der Waals surface area contributed by atoms with Crippen molar-refractivity contribution in [3.8, 4) is 11.5 Å². The quantitative estimate of drug-likeness (QED) is 0.482. The number of fused-ring (bicyclic) bond motifs is 3. The van der Waals surface area contributed by atoms with E-state index in [0.717, 1.165) is 34.9 Å². The van der Waals surface area contributed by atoms with Crippen molar-refractivity contribution in [2.24, 2.45) is 0 Å².